The number of nitrogen functional groups attached to an aromatic ring is 1. The lowest BCUT2D eigenvalue weighted by Gasteiger charge is -2.20. The molecule has 0 fully saturated rings. The van der Waals surface area contributed by atoms with Gasteiger partial charge in [0, 0.05) is 18.5 Å². The molecular formula is C14H27N5O. The lowest BCUT2D eigenvalue weighted by Crippen LogP contribution is -2.23. The number of aromatic nitrogens is 2. The van der Waals surface area contributed by atoms with Crippen molar-refractivity contribution in [3.05, 3.63) is 5.82 Å². The van der Waals surface area contributed by atoms with Gasteiger partial charge in [-0.2, -0.15) is 4.98 Å². The average molecular weight is 281 g/mol. The molecule has 0 bridgehead atoms. The maximum atomic E-state index is 6.07. The first-order chi connectivity index (χ1) is 9.25. The Balaban J connectivity index is 3.04. The zero-order valence-corrected chi connectivity index (χ0v) is 13.4. The minimum absolute atomic E-state index is 0.155. The predicted molar refractivity (Wildman–Crippen MR) is 83.4 cm³/mol. The summed E-state index contributed by atoms with van der Waals surface area (Å²) in [5.74, 6) is 1.83. The first kappa shape index (κ1) is 16.5. The molecule has 1 heterocycles. The van der Waals surface area contributed by atoms with E-state index in [1.807, 2.05) is 21.0 Å². The van der Waals surface area contributed by atoms with Crippen LogP contribution in [0.3, 0.4) is 0 Å². The standard InChI is InChI=1S/C14H27N5O/c1-7-20-12-10(15)11(16-8-9-19(5)6)17-13(18-12)14(2,3)4/h7-9,15H2,1-6H3,(H,16,17,18). The smallest absolute Gasteiger partial charge is 0.242 e. The Hall–Kier alpha value is -1.56. The van der Waals surface area contributed by atoms with Crippen LogP contribution in [0.1, 0.15) is 33.5 Å². The van der Waals surface area contributed by atoms with Crippen LogP contribution in [0.15, 0.2) is 0 Å². The number of likely N-dealkylation sites (N-methyl/N-ethyl adjacent to an activating group) is 1. The molecule has 20 heavy (non-hydrogen) atoms. The summed E-state index contributed by atoms with van der Waals surface area (Å²) in [6.07, 6.45) is 0. The van der Waals surface area contributed by atoms with Gasteiger partial charge < -0.3 is 20.7 Å². The number of nitrogens with two attached hydrogens (primary N) is 1. The quantitative estimate of drug-likeness (QED) is 0.827. The molecule has 6 heteroatoms. The Morgan fingerprint density at radius 3 is 2.40 bits per heavy atom. The Kier molecular flexibility index (Phi) is 5.56. The monoisotopic (exact) mass is 281 g/mol. The molecular weight excluding hydrogens is 254 g/mol. The second-order valence-corrected chi connectivity index (χ2v) is 6.03. The maximum Gasteiger partial charge on any atom is 0.242 e. The van der Waals surface area contributed by atoms with Crippen molar-refractivity contribution in [2.75, 3.05) is 44.8 Å². The van der Waals surface area contributed by atoms with E-state index in [2.05, 4.69) is 41.0 Å². The second-order valence-electron chi connectivity index (χ2n) is 6.03. The predicted octanol–water partition coefficient (Wildman–Crippen LogP) is 1.73. The van der Waals surface area contributed by atoms with Crippen LogP contribution >= 0.6 is 0 Å². The minimum atomic E-state index is -0.155. The number of ether oxygens (including phenoxy) is 1. The van der Waals surface area contributed by atoms with Crippen molar-refractivity contribution < 1.29 is 4.74 Å². The van der Waals surface area contributed by atoms with Crippen molar-refractivity contribution in [2.24, 2.45) is 0 Å². The van der Waals surface area contributed by atoms with Gasteiger partial charge in [-0.05, 0) is 21.0 Å². The van der Waals surface area contributed by atoms with Crippen LogP contribution in [0, 0.1) is 0 Å². The molecule has 3 N–H and O–H groups in total. The highest BCUT2D eigenvalue weighted by Crippen LogP contribution is 2.30. The summed E-state index contributed by atoms with van der Waals surface area (Å²) >= 11 is 0. The summed E-state index contributed by atoms with van der Waals surface area (Å²) in [4.78, 5) is 11.1. The van der Waals surface area contributed by atoms with Gasteiger partial charge in [-0.15, -0.1) is 0 Å². The molecule has 0 aliphatic rings. The van der Waals surface area contributed by atoms with Crippen molar-refractivity contribution in [1.82, 2.24) is 14.9 Å². The molecule has 0 saturated heterocycles. The van der Waals surface area contributed by atoms with Gasteiger partial charge in [-0.25, -0.2) is 4.98 Å². The molecule has 0 unspecified atom stereocenters. The summed E-state index contributed by atoms with van der Waals surface area (Å²) in [7, 11) is 4.05. The fraction of sp³-hybridized carbons (Fsp3) is 0.714. The summed E-state index contributed by atoms with van der Waals surface area (Å²) in [6, 6.07) is 0. The Morgan fingerprint density at radius 1 is 1.25 bits per heavy atom. The molecule has 6 nitrogen and oxygen atoms in total. The summed E-state index contributed by atoms with van der Waals surface area (Å²) in [5.41, 5.74) is 6.39. The van der Waals surface area contributed by atoms with Gasteiger partial charge in [-0.3, -0.25) is 0 Å². The van der Waals surface area contributed by atoms with Crippen molar-refractivity contribution >= 4 is 11.5 Å². The van der Waals surface area contributed by atoms with Crippen LogP contribution in [0.4, 0.5) is 11.5 Å². The normalized spacial score (nSPS) is 11.8. The molecule has 1 aromatic heterocycles. The molecule has 0 saturated carbocycles. The van der Waals surface area contributed by atoms with E-state index >= 15 is 0 Å². The fourth-order valence-corrected chi connectivity index (χ4v) is 1.56. The molecule has 0 atom stereocenters. The van der Waals surface area contributed by atoms with Gasteiger partial charge >= 0.3 is 0 Å². The van der Waals surface area contributed by atoms with Gasteiger partial charge in [-0.1, -0.05) is 20.8 Å². The minimum Gasteiger partial charge on any atom is -0.476 e. The molecule has 0 radical (unpaired) electrons. The summed E-state index contributed by atoms with van der Waals surface area (Å²) < 4.78 is 5.51. The second kappa shape index (κ2) is 6.74. The Bertz CT molecular complexity index is 440. The first-order valence-electron chi connectivity index (χ1n) is 6.95. The topological polar surface area (TPSA) is 76.3 Å². The van der Waals surface area contributed by atoms with E-state index < -0.39 is 0 Å². The van der Waals surface area contributed by atoms with E-state index in [9.17, 15) is 0 Å². The SMILES string of the molecule is CCOc1nc(C(C)(C)C)nc(NCCN(C)C)c1N. The molecule has 0 amide bonds. The van der Waals surface area contributed by atoms with E-state index in [1.165, 1.54) is 0 Å². The molecule has 0 aliphatic carbocycles. The highest BCUT2D eigenvalue weighted by atomic mass is 16.5. The first-order valence-corrected chi connectivity index (χ1v) is 6.95. The van der Waals surface area contributed by atoms with E-state index in [-0.39, 0.29) is 5.41 Å². The third kappa shape index (κ3) is 4.52. The highest BCUT2D eigenvalue weighted by Gasteiger charge is 2.22. The van der Waals surface area contributed by atoms with Crippen LogP contribution in [-0.2, 0) is 5.41 Å². The van der Waals surface area contributed by atoms with Crippen LogP contribution < -0.4 is 15.8 Å². The van der Waals surface area contributed by atoms with Crippen LogP contribution in [0.5, 0.6) is 5.88 Å². The molecule has 114 valence electrons. The number of hydrogen-bond donors (Lipinski definition) is 2. The number of nitrogens with one attached hydrogen (secondary N) is 1. The van der Waals surface area contributed by atoms with Gasteiger partial charge in [0.1, 0.15) is 11.5 Å². The molecule has 0 aliphatic heterocycles. The van der Waals surface area contributed by atoms with Crippen molar-refractivity contribution in [1.29, 1.82) is 0 Å². The third-order valence-electron chi connectivity index (χ3n) is 2.71. The number of nitrogens with zero attached hydrogens (tertiary/aromatic N) is 3. The Labute approximate surface area is 121 Å². The largest absolute Gasteiger partial charge is 0.476 e. The van der Waals surface area contributed by atoms with E-state index in [0.29, 0.717) is 24.0 Å². The van der Waals surface area contributed by atoms with Gasteiger partial charge in [0.2, 0.25) is 5.88 Å². The molecule has 1 aromatic rings. The van der Waals surface area contributed by atoms with Crippen LogP contribution in [0.2, 0.25) is 0 Å². The van der Waals surface area contributed by atoms with E-state index in [0.717, 1.165) is 18.9 Å². The van der Waals surface area contributed by atoms with Crippen LogP contribution in [-0.4, -0.2) is 48.7 Å². The zero-order valence-electron chi connectivity index (χ0n) is 13.4. The molecule has 1 rings (SSSR count). The lowest BCUT2D eigenvalue weighted by molar-refractivity contribution is 0.324. The van der Waals surface area contributed by atoms with Gasteiger partial charge in [0.25, 0.3) is 0 Å². The summed E-state index contributed by atoms with van der Waals surface area (Å²) in [5, 5.41) is 3.26. The average Bonchev–Trinajstić information content (AvgIpc) is 2.32. The maximum absolute atomic E-state index is 6.07. The lowest BCUT2D eigenvalue weighted by atomic mass is 9.96. The van der Waals surface area contributed by atoms with E-state index in [4.69, 9.17) is 10.5 Å². The van der Waals surface area contributed by atoms with Crippen molar-refractivity contribution in [3.8, 4) is 5.88 Å². The van der Waals surface area contributed by atoms with Gasteiger partial charge in [0.05, 0.1) is 6.61 Å². The van der Waals surface area contributed by atoms with Gasteiger partial charge in [0.15, 0.2) is 5.82 Å². The Morgan fingerprint density at radius 2 is 1.90 bits per heavy atom. The molecule has 0 spiro atoms. The van der Waals surface area contributed by atoms with E-state index in [1.54, 1.807) is 0 Å². The number of rotatable bonds is 6. The molecule has 0 aromatic carbocycles. The summed E-state index contributed by atoms with van der Waals surface area (Å²) in [6.45, 7) is 10.3. The van der Waals surface area contributed by atoms with Crippen LogP contribution in [0.25, 0.3) is 0 Å². The van der Waals surface area contributed by atoms with Crippen molar-refractivity contribution in [2.45, 2.75) is 33.1 Å². The highest BCUT2D eigenvalue weighted by molar-refractivity contribution is 5.67. The third-order valence-corrected chi connectivity index (χ3v) is 2.71. The number of anilines is 2. The fourth-order valence-electron chi connectivity index (χ4n) is 1.56. The number of hydrogen-bond acceptors (Lipinski definition) is 6. The zero-order chi connectivity index (χ0) is 15.3. The van der Waals surface area contributed by atoms with Crippen molar-refractivity contribution in [3.63, 3.8) is 0 Å².